The van der Waals surface area contributed by atoms with Gasteiger partial charge < -0.3 is 19.9 Å². The van der Waals surface area contributed by atoms with Gasteiger partial charge in [-0.1, -0.05) is 0 Å². The lowest BCUT2D eigenvalue weighted by atomic mass is 10.2. The first-order valence-electron chi connectivity index (χ1n) is 6.43. The van der Waals surface area contributed by atoms with Crippen LogP contribution in [0, 0.1) is 0 Å². The highest BCUT2D eigenvalue weighted by molar-refractivity contribution is 6.18. The summed E-state index contributed by atoms with van der Waals surface area (Å²) in [6.07, 6.45) is 0.829. The molecule has 1 aromatic heterocycles. The second kappa shape index (κ2) is 6.15. The first-order valence-corrected chi connectivity index (χ1v) is 6.96. The second-order valence-electron chi connectivity index (χ2n) is 4.46. The number of benzene rings is 1. The average Bonchev–Trinajstić information content (AvgIpc) is 3.05. The van der Waals surface area contributed by atoms with Gasteiger partial charge in [0.05, 0.1) is 23.4 Å². The van der Waals surface area contributed by atoms with E-state index in [0.29, 0.717) is 36.9 Å². The van der Waals surface area contributed by atoms with Crippen molar-refractivity contribution in [2.24, 2.45) is 0 Å². The third-order valence-corrected chi connectivity index (χ3v) is 3.32. The van der Waals surface area contributed by atoms with Crippen LogP contribution in [0.15, 0.2) is 18.5 Å². The van der Waals surface area contributed by atoms with Crippen molar-refractivity contribution in [3.8, 4) is 17.2 Å². The quantitative estimate of drug-likeness (QED) is 0.774. The summed E-state index contributed by atoms with van der Waals surface area (Å²) in [4.78, 5) is 0. The molecule has 1 unspecified atom stereocenters. The minimum atomic E-state index is -0.651. The standard InChI is InChI=1S/C12H14ClN5O3/c13-5-8(19)6-14-9-3-11-12(21-2-1-20-11)4-10(9)18-7-15-16-17-18/h3-4,7-8,14,19H,1-2,5-6H2. The summed E-state index contributed by atoms with van der Waals surface area (Å²) in [5, 5.41) is 23.8. The number of aliphatic hydroxyl groups excluding tert-OH is 1. The van der Waals surface area contributed by atoms with Crippen molar-refractivity contribution >= 4 is 17.3 Å². The van der Waals surface area contributed by atoms with Gasteiger partial charge >= 0.3 is 0 Å². The number of fused-ring (bicyclic) bond motifs is 1. The Kier molecular flexibility index (Phi) is 4.07. The third-order valence-electron chi connectivity index (χ3n) is 2.96. The molecule has 9 heteroatoms. The molecule has 0 aliphatic carbocycles. The monoisotopic (exact) mass is 311 g/mol. The molecule has 1 atom stereocenters. The number of aliphatic hydroxyl groups is 1. The summed E-state index contributed by atoms with van der Waals surface area (Å²) in [6, 6.07) is 3.59. The van der Waals surface area contributed by atoms with Crippen molar-refractivity contribution in [3.63, 3.8) is 0 Å². The van der Waals surface area contributed by atoms with Gasteiger partial charge in [-0.25, -0.2) is 0 Å². The highest BCUT2D eigenvalue weighted by Gasteiger charge is 2.18. The van der Waals surface area contributed by atoms with Crippen molar-refractivity contribution in [1.29, 1.82) is 0 Å². The lowest BCUT2D eigenvalue weighted by Crippen LogP contribution is -2.22. The van der Waals surface area contributed by atoms with Crippen LogP contribution in [0.3, 0.4) is 0 Å². The smallest absolute Gasteiger partial charge is 0.163 e. The number of rotatable bonds is 5. The lowest BCUT2D eigenvalue weighted by molar-refractivity contribution is 0.171. The summed E-state index contributed by atoms with van der Waals surface area (Å²) in [5.41, 5.74) is 1.42. The Balaban J connectivity index is 1.95. The molecule has 2 N–H and O–H groups in total. The van der Waals surface area contributed by atoms with E-state index in [1.807, 2.05) is 0 Å². The summed E-state index contributed by atoms with van der Waals surface area (Å²) < 4.78 is 12.6. The van der Waals surface area contributed by atoms with Gasteiger partial charge in [-0.05, 0) is 10.4 Å². The number of alkyl halides is 1. The van der Waals surface area contributed by atoms with Crippen LogP contribution in [0.1, 0.15) is 0 Å². The highest BCUT2D eigenvalue weighted by Crippen LogP contribution is 2.37. The predicted octanol–water partition coefficient (Wildman–Crippen LogP) is 0.445. The van der Waals surface area contributed by atoms with E-state index >= 15 is 0 Å². The maximum atomic E-state index is 9.58. The molecule has 2 aromatic rings. The zero-order chi connectivity index (χ0) is 14.7. The van der Waals surface area contributed by atoms with Gasteiger partial charge in [-0.15, -0.1) is 16.7 Å². The molecule has 0 amide bonds. The van der Waals surface area contributed by atoms with Gasteiger partial charge in [-0.2, -0.15) is 4.68 Å². The minimum Gasteiger partial charge on any atom is -0.486 e. The molecule has 0 bridgehead atoms. The van der Waals surface area contributed by atoms with Crippen LogP contribution in [-0.4, -0.2) is 57.1 Å². The van der Waals surface area contributed by atoms with E-state index < -0.39 is 6.10 Å². The number of halogens is 1. The zero-order valence-corrected chi connectivity index (χ0v) is 11.8. The number of anilines is 1. The molecule has 21 heavy (non-hydrogen) atoms. The van der Waals surface area contributed by atoms with Crippen LogP contribution in [0.25, 0.3) is 5.69 Å². The Morgan fingerprint density at radius 1 is 1.33 bits per heavy atom. The molecule has 0 saturated carbocycles. The molecular formula is C12H14ClN5O3. The minimum absolute atomic E-state index is 0.151. The average molecular weight is 312 g/mol. The molecule has 8 nitrogen and oxygen atoms in total. The molecule has 1 aromatic carbocycles. The fraction of sp³-hybridized carbons (Fsp3) is 0.417. The molecule has 1 aliphatic rings. The Morgan fingerprint density at radius 3 is 2.76 bits per heavy atom. The molecule has 3 rings (SSSR count). The Bertz CT molecular complexity index is 607. The van der Waals surface area contributed by atoms with Crippen molar-refractivity contribution < 1.29 is 14.6 Å². The Labute approximate surface area is 125 Å². The summed E-state index contributed by atoms with van der Waals surface area (Å²) in [6.45, 7) is 1.30. The fourth-order valence-corrected chi connectivity index (χ4v) is 2.07. The van der Waals surface area contributed by atoms with E-state index in [-0.39, 0.29) is 5.88 Å². The van der Waals surface area contributed by atoms with E-state index in [4.69, 9.17) is 21.1 Å². The number of nitrogens with zero attached hydrogens (tertiary/aromatic N) is 4. The number of hydrogen-bond donors (Lipinski definition) is 2. The van der Waals surface area contributed by atoms with Crippen LogP contribution >= 0.6 is 11.6 Å². The summed E-state index contributed by atoms with van der Waals surface area (Å²) in [5.74, 6) is 1.42. The summed E-state index contributed by atoms with van der Waals surface area (Å²) in [7, 11) is 0. The fourth-order valence-electron chi connectivity index (χ4n) is 1.96. The van der Waals surface area contributed by atoms with Gasteiger partial charge in [-0.3, -0.25) is 0 Å². The van der Waals surface area contributed by atoms with Crippen LogP contribution in [0.4, 0.5) is 5.69 Å². The maximum Gasteiger partial charge on any atom is 0.163 e. The third kappa shape index (κ3) is 3.01. The van der Waals surface area contributed by atoms with Gasteiger partial charge in [0, 0.05) is 18.7 Å². The van der Waals surface area contributed by atoms with E-state index in [1.54, 1.807) is 12.1 Å². The topological polar surface area (TPSA) is 94.3 Å². The predicted molar refractivity (Wildman–Crippen MR) is 75.4 cm³/mol. The van der Waals surface area contributed by atoms with Crippen molar-refractivity contribution in [2.45, 2.75) is 6.10 Å². The van der Waals surface area contributed by atoms with Crippen LogP contribution in [0.2, 0.25) is 0 Å². The molecule has 0 radical (unpaired) electrons. The van der Waals surface area contributed by atoms with Crippen molar-refractivity contribution in [2.75, 3.05) is 31.0 Å². The highest BCUT2D eigenvalue weighted by atomic mass is 35.5. The van der Waals surface area contributed by atoms with Crippen molar-refractivity contribution in [3.05, 3.63) is 18.5 Å². The van der Waals surface area contributed by atoms with E-state index in [2.05, 4.69) is 20.8 Å². The Hall–Kier alpha value is -2.06. The van der Waals surface area contributed by atoms with Gasteiger partial charge in [0.15, 0.2) is 11.5 Å². The van der Waals surface area contributed by atoms with E-state index in [1.165, 1.54) is 11.0 Å². The largest absolute Gasteiger partial charge is 0.486 e. The van der Waals surface area contributed by atoms with Crippen LogP contribution in [0.5, 0.6) is 11.5 Å². The molecule has 112 valence electrons. The zero-order valence-electron chi connectivity index (χ0n) is 11.1. The molecule has 2 heterocycles. The van der Waals surface area contributed by atoms with Gasteiger partial charge in [0.25, 0.3) is 0 Å². The molecule has 0 saturated heterocycles. The molecule has 1 aliphatic heterocycles. The molecule has 0 fully saturated rings. The Morgan fingerprint density at radius 2 is 2.10 bits per heavy atom. The molecular weight excluding hydrogens is 298 g/mol. The van der Waals surface area contributed by atoms with E-state index in [9.17, 15) is 5.11 Å². The maximum absolute atomic E-state index is 9.58. The number of aromatic nitrogens is 4. The second-order valence-corrected chi connectivity index (χ2v) is 4.77. The first kappa shape index (κ1) is 13.9. The van der Waals surface area contributed by atoms with Gasteiger partial charge in [0.1, 0.15) is 19.5 Å². The number of tetrazole rings is 1. The van der Waals surface area contributed by atoms with Crippen LogP contribution < -0.4 is 14.8 Å². The van der Waals surface area contributed by atoms with E-state index in [0.717, 1.165) is 5.69 Å². The van der Waals surface area contributed by atoms with Crippen LogP contribution in [-0.2, 0) is 0 Å². The number of hydrogen-bond acceptors (Lipinski definition) is 7. The first-order chi connectivity index (χ1) is 10.3. The van der Waals surface area contributed by atoms with Crippen molar-refractivity contribution in [1.82, 2.24) is 20.2 Å². The summed E-state index contributed by atoms with van der Waals surface area (Å²) >= 11 is 5.60. The number of ether oxygens (including phenoxy) is 2. The van der Waals surface area contributed by atoms with Gasteiger partial charge in [0.2, 0.25) is 0 Å². The molecule has 0 spiro atoms. The lowest BCUT2D eigenvalue weighted by Gasteiger charge is -2.21. The normalized spacial score (nSPS) is 14.8. The number of nitrogens with one attached hydrogen (secondary N) is 1. The SMILES string of the molecule is OC(CCl)CNc1cc2c(cc1-n1cnnn1)OCCO2.